The van der Waals surface area contributed by atoms with Crippen LogP contribution in [-0.2, 0) is 23.7 Å². The molecular weight excluding hydrogens is 344 g/mol. The van der Waals surface area contributed by atoms with Crippen molar-refractivity contribution in [2.24, 2.45) is 0 Å². The molecule has 0 N–H and O–H groups in total. The molecule has 0 bridgehead atoms. The maximum Gasteiger partial charge on any atom is 0.302 e. The Hall–Kier alpha value is -0.650. The molecule has 0 aliphatic heterocycles. The molecule has 0 unspecified atom stereocenters. The van der Waals surface area contributed by atoms with Gasteiger partial charge in [-0.1, -0.05) is 0 Å². The number of ether oxygens (including phenoxy) is 4. The molecule has 27 heavy (non-hydrogen) atoms. The van der Waals surface area contributed by atoms with Crippen molar-refractivity contribution >= 4 is 5.97 Å². The van der Waals surface area contributed by atoms with E-state index in [-0.39, 0.29) is 5.97 Å². The molecule has 5 nitrogen and oxygen atoms in total. The Bertz CT molecular complexity index is 233. The highest BCUT2D eigenvalue weighted by molar-refractivity contribution is 5.65. The summed E-state index contributed by atoms with van der Waals surface area (Å²) in [7, 11) is 0. The van der Waals surface area contributed by atoms with Crippen molar-refractivity contribution in [2.75, 3.05) is 6.61 Å². The van der Waals surface area contributed by atoms with Crippen LogP contribution in [0.2, 0.25) is 0 Å². The lowest BCUT2D eigenvalue weighted by atomic mass is 10.4. The third kappa shape index (κ3) is 67.1. The second-order valence-corrected chi connectivity index (χ2v) is 7.63. The maximum atomic E-state index is 9.82. The van der Waals surface area contributed by atoms with Crippen LogP contribution in [0.15, 0.2) is 0 Å². The summed E-state index contributed by atoms with van der Waals surface area (Å²) in [4.78, 5) is 9.82. The third-order valence-corrected chi connectivity index (χ3v) is 1.98. The van der Waals surface area contributed by atoms with E-state index in [1.54, 1.807) is 6.92 Å². The number of hydrogen-bond donors (Lipinski definition) is 0. The van der Waals surface area contributed by atoms with Crippen LogP contribution in [0.3, 0.4) is 0 Å². The molecular formula is C22H50O5. The molecule has 0 amide bonds. The van der Waals surface area contributed by atoms with Gasteiger partial charge < -0.3 is 18.9 Å². The van der Waals surface area contributed by atoms with Crippen LogP contribution >= 0.6 is 0 Å². The summed E-state index contributed by atoms with van der Waals surface area (Å²) in [5.74, 6) is -0.211. The summed E-state index contributed by atoms with van der Waals surface area (Å²) >= 11 is 0. The Labute approximate surface area is 170 Å². The number of rotatable bonds is 7. The minimum absolute atomic E-state index is 0.211. The van der Waals surface area contributed by atoms with E-state index in [2.05, 4.69) is 4.74 Å². The monoisotopic (exact) mass is 394 g/mol. The molecule has 0 aromatic rings. The lowest BCUT2D eigenvalue weighted by molar-refractivity contribution is -0.140. The third-order valence-electron chi connectivity index (χ3n) is 1.98. The fourth-order valence-corrected chi connectivity index (χ4v) is 1.84. The first kappa shape index (κ1) is 33.9. The predicted molar refractivity (Wildman–Crippen MR) is 116 cm³/mol. The van der Waals surface area contributed by atoms with Gasteiger partial charge in [0.1, 0.15) is 0 Å². The summed E-state index contributed by atoms with van der Waals surface area (Å²) in [5, 5.41) is 0. The highest BCUT2D eigenvalue weighted by Crippen LogP contribution is 1.94. The molecule has 0 aromatic carbocycles. The molecule has 0 heterocycles. The van der Waals surface area contributed by atoms with Gasteiger partial charge in [-0.2, -0.15) is 0 Å². The molecule has 0 rings (SSSR count). The van der Waals surface area contributed by atoms with Crippen molar-refractivity contribution < 1.29 is 23.7 Å². The van der Waals surface area contributed by atoms with Gasteiger partial charge in [0, 0.05) is 6.92 Å². The van der Waals surface area contributed by atoms with Gasteiger partial charge in [-0.15, -0.1) is 0 Å². The second-order valence-electron chi connectivity index (χ2n) is 7.63. The quantitative estimate of drug-likeness (QED) is 0.493. The first-order chi connectivity index (χ1) is 12.1. The second kappa shape index (κ2) is 23.4. The predicted octanol–water partition coefficient (Wildman–Crippen LogP) is 6.03. The van der Waals surface area contributed by atoms with Crippen LogP contribution in [0.25, 0.3) is 0 Å². The summed E-state index contributed by atoms with van der Waals surface area (Å²) in [6.45, 7) is 28.2. The molecule has 0 atom stereocenters. The van der Waals surface area contributed by atoms with Crippen LogP contribution in [0, 0.1) is 0 Å². The zero-order chi connectivity index (χ0) is 22.6. The molecule has 0 saturated carbocycles. The largest absolute Gasteiger partial charge is 0.466 e. The van der Waals surface area contributed by atoms with Gasteiger partial charge in [0.15, 0.2) is 0 Å². The average Bonchev–Trinajstić information content (AvgIpc) is 2.34. The van der Waals surface area contributed by atoms with Crippen molar-refractivity contribution in [1.29, 1.82) is 0 Å². The van der Waals surface area contributed by atoms with Crippen LogP contribution < -0.4 is 0 Å². The van der Waals surface area contributed by atoms with Crippen LogP contribution in [0.5, 0.6) is 0 Å². The minimum Gasteiger partial charge on any atom is -0.466 e. The van der Waals surface area contributed by atoms with E-state index in [4.69, 9.17) is 14.2 Å². The van der Waals surface area contributed by atoms with E-state index in [0.29, 0.717) is 43.2 Å². The standard InChI is InChI=1S/3C6H14O.C4H8O2/c3*1-5(2)7-6(3)4;1-3-6-4(2)5/h3*5-6H,1-4H3;3H2,1-2H3. The van der Waals surface area contributed by atoms with Crippen LogP contribution in [0.1, 0.15) is 96.9 Å². The van der Waals surface area contributed by atoms with Gasteiger partial charge in [0.2, 0.25) is 0 Å². The summed E-state index contributed by atoms with van der Waals surface area (Å²) in [6.07, 6.45) is 2.25. The van der Waals surface area contributed by atoms with E-state index in [0.717, 1.165) is 0 Å². The van der Waals surface area contributed by atoms with E-state index < -0.39 is 0 Å². The maximum absolute atomic E-state index is 9.82. The molecule has 0 radical (unpaired) electrons. The van der Waals surface area contributed by atoms with Gasteiger partial charge >= 0.3 is 5.97 Å². The van der Waals surface area contributed by atoms with Gasteiger partial charge in [0.25, 0.3) is 0 Å². The summed E-state index contributed by atoms with van der Waals surface area (Å²) < 4.78 is 20.2. The lowest BCUT2D eigenvalue weighted by Gasteiger charge is -2.09. The molecule has 168 valence electrons. The lowest BCUT2D eigenvalue weighted by Crippen LogP contribution is -2.09. The number of carbonyl (C=O) groups excluding carboxylic acids is 1. The molecule has 0 aromatic heterocycles. The van der Waals surface area contributed by atoms with E-state index in [1.807, 2.05) is 83.1 Å². The van der Waals surface area contributed by atoms with Crippen molar-refractivity contribution in [1.82, 2.24) is 0 Å². The van der Waals surface area contributed by atoms with E-state index in [9.17, 15) is 4.79 Å². The molecule has 0 saturated heterocycles. The Morgan fingerprint density at radius 2 is 0.741 bits per heavy atom. The van der Waals surface area contributed by atoms with Gasteiger partial charge in [0.05, 0.1) is 43.2 Å². The Balaban J connectivity index is -0.000000131. The smallest absolute Gasteiger partial charge is 0.302 e. The molecule has 0 aliphatic rings. The first-order valence-electron chi connectivity index (χ1n) is 10.2. The number of hydrogen-bond acceptors (Lipinski definition) is 5. The van der Waals surface area contributed by atoms with Crippen molar-refractivity contribution in [3.05, 3.63) is 0 Å². The van der Waals surface area contributed by atoms with Crippen molar-refractivity contribution in [2.45, 2.75) is 134 Å². The van der Waals surface area contributed by atoms with E-state index in [1.165, 1.54) is 6.92 Å². The van der Waals surface area contributed by atoms with Crippen molar-refractivity contribution in [3.63, 3.8) is 0 Å². The highest BCUT2D eigenvalue weighted by atomic mass is 16.5. The Morgan fingerprint density at radius 3 is 0.741 bits per heavy atom. The topological polar surface area (TPSA) is 54.0 Å². The number of esters is 1. The van der Waals surface area contributed by atoms with Gasteiger partial charge in [-0.25, -0.2) is 0 Å². The number of carbonyl (C=O) groups is 1. The van der Waals surface area contributed by atoms with Crippen LogP contribution in [0.4, 0.5) is 0 Å². The SMILES string of the molecule is CC(C)OC(C)C.CC(C)OC(C)C.CC(C)OC(C)C.CCOC(C)=O. The van der Waals surface area contributed by atoms with Gasteiger partial charge in [-0.05, 0) is 90.0 Å². The van der Waals surface area contributed by atoms with Crippen LogP contribution in [-0.4, -0.2) is 49.2 Å². The average molecular weight is 395 g/mol. The molecule has 0 spiro atoms. The minimum atomic E-state index is -0.211. The molecule has 0 aliphatic carbocycles. The summed E-state index contributed by atoms with van der Waals surface area (Å²) in [5.41, 5.74) is 0. The van der Waals surface area contributed by atoms with Crippen molar-refractivity contribution in [3.8, 4) is 0 Å². The zero-order valence-electron chi connectivity index (χ0n) is 20.7. The zero-order valence-corrected chi connectivity index (χ0v) is 20.7. The normalized spacial score (nSPS) is 10.4. The highest BCUT2D eigenvalue weighted by Gasteiger charge is 1.95. The Kier molecular flexibility index (Phi) is 29.4. The summed E-state index contributed by atoms with van der Waals surface area (Å²) in [6, 6.07) is 0. The Morgan fingerprint density at radius 1 is 0.556 bits per heavy atom. The first-order valence-corrected chi connectivity index (χ1v) is 10.2. The van der Waals surface area contributed by atoms with Gasteiger partial charge in [-0.3, -0.25) is 4.79 Å². The fourth-order valence-electron chi connectivity index (χ4n) is 1.84. The van der Waals surface area contributed by atoms with E-state index >= 15 is 0 Å². The fraction of sp³-hybridized carbons (Fsp3) is 0.955. The molecule has 0 fully saturated rings. The molecule has 5 heteroatoms.